The molecule has 2 amide bonds. The largest absolute Gasteiger partial charge is 0.325 e. The van der Waals surface area contributed by atoms with Crippen molar-refractivity contribution in [3.05, 3.63) is 58.0 Å². The maximum Gasteiger partial charge on any atom is 0.240 e. The highest BCUT2D eigenvalue weighted by molar-refractivity contribution is 9.10. The van der Waals surface area contributed by atoms with Crippen LogP contribution in [0.5, 0.6) is 0 Å². The molecule has 0 bridgehead atoms. The van der Waals surface area contributed by atoms with Crippen molar-refractivity contribution in [1.29, 1.82) is 0 Å². The lowest BCUT2D eigenvalue weighted by Gasteiger charge is -2.16. The van der Waals surface area contributed by atoms with E-state index in [0.29, 0.717) is 29.2 Å². The quantitative estimate of drug-likeness (QED) is 0.754. The second-order valence-electron chi connectivity index (χ2n) is 5.48. The van der Waals surface area contributed by atoms with Crippen molar-refractivity contribution in [3.8, 4) is 0 Å². The van der Waals surface area contributed by atoms with Crippen molar-refractivity contribution in [2.45, 2.75) is 12.8 Å². The molecule has 23 heavy (non-hydrogen) atoms. The average Bonchev–Trinajstić information content (AvgIpc) is 3.34. The van der Waals surface area contributed by atoms with Crippen LogP contribution < -0.4 is 10.6 Å². The fraction of sp³-hybridized carbons (Fsp3) is 0.176. The Morgan fingerprint density at radius 1 is 0.957 bits per heavy atom. The van der Waals surface area contributed by atoms with Gasteiger partial charge in [0.2, 0.25) is 11.8 Å². The van der Waals surface area contributed by atoms with E-state index in [9.17, 15) is 9.59 Å². The van der Waals surface area contributed by atoms with Gasteiger partial charge in [0.25, 0.3) is 0 Å². The minimum absolute atomic E-state index is 0.282. The van der Waals surface area contributed by atoms with E-state index in [1.54, 1.807) is 30.3 Å². The lowest BCUT2D eigenvalue weighted by molar-refractivity contribution is -0.131. The first-order valence-electron chi connectivity index (χ1n) is 7.14. The van der Waals surface area contributed by atoms with Crippen molar-refractivity contribution in [2.24, 2.45) is 5.41 Å². The van der Waals surface area contributed by atoms with Gasteiger partial charge in [0.15, 0.2) is 0 Å². The summed E-state index contributed by atoms with van der Waals surface area (Å²) in [5.74, 6) is -0.569. The minimum atomic E-state index is -0.991. The second-order valence-corrected chi connectivity index (χ2v) is 6.77. The Kier molecular flexibility index (Phi) is 4.41. The molecule has 0 aromatic heterocycles. The Balaban J connectivity index is 1.71. The van der Waals surface area contributed by atoms with Gasteiger partial charge >= 0.3 is 0 Å². The van der Waals surface area contributed by atoms with Gasteiger partial charge in [0.1, 0.15) is 5.41 Å². The number of benzene rings is 2. The van der Waals surface area contributed by atoms with Crippen LogP contribution in [-0.4, -0.2) is 11.8 Å². The Labute approximate surface area is 147 Å². The molecular formula is C17H14BrClN2O2. The van der Waals surface area contributed by atoms with Crippen molar-refractivity contribution in [1.82, 2.24) is 0 Å². The van der Waals surface area contributed by atoms with E-state index in [2.05, 4.69) is 26.6 Å². The molecule has 1 saturated carbocycles. The number of carbonyl (C=O) groups excluding carboxylic acids is 2. The van der Waals surface area contributed by atoms with Crippen molar-refractivity contribution < 1.29 is 9.59 Å². The number of para-hydroxylation sites is 1. The van der Waals surface area contributed by atoms with Crippen LogP contribution in [0.2, 0.25) is 5.02 Å². The van der Waals surface area contributed by atoms with Crippen LogP contribution in [0.1, 0.15) is 12.8 Å². The number of amides is 2. The summed E-state index contributed by atoms with van der Waals surface area (Å²) in [7, 11) is 0. The summed E-state index contributed by atoms with van der Waals surface area (Å²) in [5, 5.41) is 6.20. The van der Waals surface area contributed by atoms with Gasteiger partial charge in [-0.2, -0.15) is 0 Å². The van der Waals surface area contributed by atoms with E-state index in [-0.39, 0.29) is 11.8 Å². The molecule has 1 fully saturated rings. The molecule has 0 unspecified atom stereocenters. The topological polar surface area (TPSA) is 58.2 Å². The molecule has 1 aliphatic rings. The molecule has 6 heteroatoms. The maximum atomic E-state index is 12.5. The smallest absolute Gasteiger partial charge is 0.240 e. The zero-order valence-corrected chi connectivity index (χ0v) is 14.4. The number of nitrogens with one attached hydrogen (secondary N) is 2. The Hall–Kier alpha value is -1.85. The molecule has 2 aromatic rings. The van der Waals surface area contributed by atoms with Crippen LogP contribution in [0, 0.1) is 5.41 Å². The first-order valence-corrected chi connectivity index (χ1v) is 8.31. The van der Waals surface area contributed by atoms with Crippen LogP contribution in [0.3, 0.4) is 0 Å². The first kappa shape index (κ1) is 16.0. The summed E-state index contributed by atoms with van der Waals surface area (Å²) in [6, 6.07) is 14.1. The summed E-state index contributed by atoms with van der Waals surface area (Å²) in [4.78, 5) is 25.0. The van der Waals surface area contributed by atoms with Gasteiger partial charge < -0.3 is 10.6 Å². The zero-order chi connectivity index (χ0) is 16.4. The van der Waals surface area contributed by atoms with E-state index in [1.807, 2.05) is 18.2 Å². The van der Waals surface area contributed by atoms with Gasteiger partial charge in [-0.25, -0.2) is 0 Å². The number of hydrogen-bond acceptors (Lipinski definition) is 2. The zero-order valence-electron chi connectivity index (χ0n) is 12.1. The van der Waals surface area contributed by atoms with Crippen LogP contribution >= 0.6 is 27.5 Å². The van der Waals surface area contributed by atoms with Gasteiger partial charge in [0, 0.05) is 15.2 Å². The summed E-state index contributed by atoms with van der Waals surface area (Å²) in [5.41, 5.74) is 0.289. The number of carbonyl (C=O) groups is 2. The molecule has 4 nitrogen and oxygen atoms in total. The van der Waals surface area contributed by atoms with E-state index in [0.717, 1.165) is 4.47 Å². The highest BCUT2D eigenvalue weighted by Crippen LogP contribution is 2.47. The fourth-order valence-electron chi connectivity index (χ4n) is 2.27. The molecular weight excluding hydrogens is 380 g/mol. The third kappa shape index (κ3) is 3.41. The third-order valence-electron chi connectivity index (χ3n) is 3.84. The second kappa shape index (κ2) is 6.34. The Morgan fingerprint density at radius 2 is 1.57 bits per heavy atom. The van der Waals surface area contributed by atoms with Gasteiger partial charge in [0.05, 0.1) is 5.69 Å². The molecule has 0 spiro atoms. The van der Waals surface area contributed by atoms with E-state index < -0.39 is 5.41 Å². The number of rotatable bonds is 4. The highest BCUT2D eigenvalue weighted by Gasteiger charge is 2.56. The maximum absolute atomic E-state index is 12.5. The molecule has 0 atom stereocenters. The Bertz CT molecular complexity index is 757. The monoisotopic (exact) mass is 392 g/mol. The fourth-order valence-corrected chi connectivity index (χ4v) is 2.78. The average molecular weight is 394 g/mol. The number of halogens is 2. The first-order chi connectivity index (χ1) is 11.0. The molecule has 0 heterocycles. The minimum Gasteiger partial charge on any atom is -0.325 e. The molecule has 3 rings (SSSR count). The summed E-state index contributed by atoms with van der Waals surface area (Å²) in [6.45, 7) is 0. The summed E-state index contributed by atoms with van der Waals surface area (Å²) < 4.78 is 0.780. The Morgan fingerprint density at radius 3 is 2.17 bits per heavy atom. The van der Waals surface area contributed by atoms with E-state index in [1.165, 1.54) is 0 Å². The molecule has 0 radical (unpaired) electrons. The number of anilines is 2. The molecule has 2 N–H and O–H groups in total. The van der Waals surface area contributed by atoms with Crippen LogP contribution in [0.15, 0.2) is 53.0 Å². The molecule has 1 aliphatic carbocycles. The van der Waals surface area contributed by atoms with Gasteiger partial charge in [-0.3, -0.25) is 9.59 Å². The predicted molar refractivity (Wildman–Crippen MR) is 94.5 cm³/mol. The highest BCUT2D eigenvalue weighted by atomic mass is 79.9. The lowest BCUT2D eigenvalue weighted by Crippen LogP contribution is -2.35. The van der Waals surface area contributed by atoms with Crippen LogP contribution in [0.4, 0.5) is 11.4 Å². The lowest BCUT2D eigenvalue weighted by atomic mass is 10.0. The van der Waals surface area contributed by atoms with Crippen molar-refractivity contribution in [2.75, 3.05) is 10.6 Å². The summed E-state index contributed by atoms with van der Waals surface area (Å²) >= 11 is 9.21. The third-order valence-corrected chi connectivity index (χ3v) is 4.79. The van der Waals surface area contributed by atoms with Crippen LogP contribution in [0.25, 0.3) is 0 Å². The van der Waals surface area contributed by atoms with Crippen LogP contribution in [-0.2, 0) is 9.59 Å². The molecule has 2 aromatic carbocycles. The standard InChI is InChI=1S/C17H14BrClN2O2/c18-13-3-1-2-4-14(13)21-16(23)17(9-10-17)15(22)20-12-7-5-11(19)6-8-12/h1-8H,9-10H2,(H,20,22)(H,21,23). The van der Waals surface area contributed by atoms with Crippen molar-refractivity contribution in [3.63, 3.8) is 0 Å². The normalized spacial score (nSPS) is 14.9. The van der Waals surface area contributed by atoms with Gasteiger partial charge in [-0.15, -0.1) is 0 Å². The van der Waals surface area contributed by atoms with E-state index >= 15 is 0 Å². The predicted octanol–water partition coefficient (Wildman–Crippen LogP) is 4.46. The molecule has 0 aliphatic heterocycles. The van der Waals surface area contributed by atoms with Gasteiger partial charge in [-0.1, -0.05) is 23.7 Å². The van der Waals surface area contributed by atoms with Crippen molar-refractivity contribution >= 4 is 50.7 Å². The molecule has 0 saturated heterocycles. The molecule has 118 valence electrons. The SMILES string of the molecule is O=C(Nc1ccc(Cl)cc1)C1(C(=O)Nc2ccccc2Br)CC1. The summed E-state index contributed by atoms with van der Waals surface area (Å²) in [6.07, 6.45) is 1.09. The van der Waals surface area contributed by atoms with E-state index in [4.69, 9.17) is 11.6 Å². The number of hydrogen-bond donors (Lipinski definition) is 2. The van der Waals surface area contributed by atoms with Gasteiger partial charge in [-0.05, 0) is 65.2 Å².